The van der Waals surface area contributed by atoms with Crippen molar-refractivity contribution < 1.29 is 18.3 Å². The maximum atomic E-state index is 12.7. The molecule has 2 rings (SSSR count). The van der Waals surface area contributed by atoms with Gasteiger partial charge in [0.25, 0.3) is 0 Å². The van der Waals surface area contributed by atoms with E-state index in [2.05, 4.69) is 5.10 Å². The van der Waals surface area contributed by atoms with E-state index in [1.54, 1.807) is 24.7 Å². The van der Waals surface area contributed by atoms with Crippen molar-refractivity contribution in [1.82, 2.24) is 9.78 Å². The average Bonchev–Trinajstić information content (AvgIpc) is 2.66. The third kappa shape index (κ3) is 3.36. The smallest absolute Gasteiger partial charge is 0.398 e. The normalized spacial score (nSPS) is 13.4. The van der Waals surface area contributed by atoms with Crippen LogP contribution >= 0.6 is 0 Å². The summed E-state index contributed by atoms with van der Waals surface area (Å²) in [5.74, 6) is 0. The molecule has 3 N–H and O–H groups in total. The first-order chi connectivity index (χ1) is 9.68. The molecule has 1 aromatic carbocycles. The van der Waals surface area contributed by atoms with Gasteiger partial charge in [0.05, 0.1) is 17.4 Å². The lowest BCUT2D eigenvalue weighted by atomic mass is 10.00. The molecule has 0 aliphatic heterocycles. The molecule has 0 saturated heterocycles. The number of aromatic nitrogens is 2. The molecule has 0 spiro atoms. The monoisotopic (exact) mass is 299 g/mol. The molecule has 0 aliphatic carbocycles. The van der Waals surface area contributed by atoms with Gasteiger partial charge in [0.1, 0.15) is 0 Å². The Kier molecular flexibility index (Phi) is 3.95. The van der Waals surface area contributed by atoms with E-state index < -0.39 is 17.8 Å². The first-order valence-corrected chi connectivity index (χ1v) is 6.32. The molecule has 1 aromatic heterocycles. The summed E-state index contributed by atoms with van der Waals surface area (Å²) in [6.07, 6.45) is -5.45. The average molecular weight is 299 g/mol. The zero-order valence-electron chi connectivity index (χ0n) is 11.6. The number of rotatable bonds is 3. The third-order valence-electron chi connectivity index (χ3n) is 3.27. The molecular formula is C14H16F3N3O. The van der Waals surface area contributed by atoms with Crippen molar-refractivity contribution in [3.05, 3.63) is 46.8 Å². The highest BCUT2D eigenvalue weighted by Gasteiger charge is 2.31. The van der Waals surface area contributed by atoms with Gasteiger partial charge in [-0.1, -0.05) is 0 Å². The number of aryl methyl sites for hydroxylation is 2. The first kappa shape index (κ1) is 15.4. The number of nitrogens with two attached hydrogens (primary N) is 1. The Bertz CT molecular complexity index is 649. The van der Waals surface area contributed by atoms with Crippen molar-refractivity contribution in [2.75, 3.05) is 5.73 Å². The van der Waals surface area contributed by atoms with Gasteiger partial charge in [0.2, 0.25) is 0 Å². The number of hydrogen-bond donors (Lipinski definition) is 2. The van der Waals surface area contributed by atoms with Crippen molar-refractivity contribution >= 4 is 5.69 Å². The van der Waals surface area contributed by atoms with E-state index in [1.807, 2.05) is 0 Å². The number of anilines is 1. The first-order valence-electron chi connectivity index (χ1n) is 6.32. The lowest BCUT2D eigenvalue weighted by Crippen LogP contribution is -2.11. The van der Waals surface area contributed by atoms with Crippen LogP contribution in [0, 0.1) is 6.92 Å². The fraction of sp³-hybridized carbons (Fsp3) is 0.357. The quantitative estimate of drug-likeness (QED) is 0.856. The highest BCUT2D eigenvalue weighted by Crippen LogP contribution is 2.33. The molecule has 2 aromatic rings. The molecule has 0 saturated carbocycles. The molecule has 0 radical (unpaired) electrons. The van der Waals surface area contributed by atoms with Gasteiger partial charge in [-0.25, -0.2) is 0 Å². The summed E-state index contributed by atoms with van der Waals surface area (Å²) in [5.41, 5.74) is 6.55. The topological polar surface area (TPSA) is 64.1 Å². The Balaban J connectivity index is 2.30. The van der Waals surface area contributed by atoms with Crippen LogP contribution in [0.1, 0.15) is 28.6 Å². The van der Waals surface area contributed by atoms with Crippen LogP contribution in [-0.4, -0.2) is 14.9 Å². The molecule has 114 valence electrons. The zero-order valence-corrected chi connectivity index (χ0v) is 11.6. The molecule has 1 atom stereocenters. The Morgan fingerprint density at radius 3 is 2.52 bits per heavy atom. The third-order valence-corrected chi connectivity index (χ3v) is 3.27. The summed E-state index contributed by atoms with van der Waals surface area (Å²) in [6, 6.07) is 4.73. The highest BCUT2D eigenvalue weighted by molar-refractivity contribution is 5.50. The number of nitrogen functional groups attached to an aromatic ring is 1. The van der Waals surface area contributed by atoms with Gasteiger partial charge in [0.15, 0.2) is 0 Å². The van der Waals surface area contributed by atoms with E-state index in [-0.39, 0.29) is 17.7 Å². The van der Waals surface area contributed by atoms with Gasteiger partial charge < -0.3 is 10.8 Å². The molecule has 0 amide bonds. The summed E-state index contributed by atoms with van der Waals surface area (Å²) in [4.78, 5) is 0. The number of nitrogens with zero attached hydrogens (tertiary/aromatic N) is 2. The second-order valence-electron chi connectivity index (χ2n) is 4.96. The van der Waals surface area contributed by atoms with E-state index in [9.17, 15) is 18.3 Å². The number of aliphatic hydroxyl groups is 1. The SMILES string of the molecule is Cc1cc(CC(O)c2cc(C(F)(F)F)ccc2N)n(C)n1. The number of hydrogen-bond acceptors (Lipinski definition) is 3. The summed E-state index contributed by atoms with van der Waals surface area (Å²) in [5, 5.41) is 14.3. The highest BCUT2D eigenvalue weighted by atomic mass is 19.4. The molecular weight excluding hydrogens is 283 g/mol. The minimum Gasteiger partial charge on any atom is -0.398 e. The van der Waals surface area contributed by atoms with Gasteiger partial charge in [0, 0.05) is 30.4 Å². The fourth-order valence-electron chi connectivity index (χ4n) is 2.20. The standard InChI is InChI=1S/C14H16F3N3O/c1-8-5-10(20(2)19-8)7-13(21)11-6-9(14(15,16)17)3-4-12(11)18/h3-6,13,21H,7,18H2,1-2H3. The zero-order chi connectivity index (χ0) is 15.8. The van der Waals surface area contributed by atoms with E-state index >= 15 is 0 Å². The van der Waals surface area contributed by atoms with E-state index in [0.717, 1.165) is 29.6 Å². The predicted molar refractivity (Wildman–Crippen MR) is 72.5 cm³/mol. The van der Waals surface area contributed by atoms with Gasteiger partial charge in [-0.15, -0.1) is 0 Å². The van der Waals surface area contributed by atoms with E-state index in [1.165, 1.54) is 0 Å². The van der Waals surface area contributed by atoms with Crippen molar-refractivity contribution in [2.24, 2.45) is 7.05 Å². The molecule has 0 fully saturated rings. The van der Waals surface area contributed by atoms with Crippen molar-refractivity contribution in [3.8, 4) is 0 Å². The van der Waals surface area contributed by atoms with Gasteiger partial charge in [-0.3, -0.25) is 4.68 Å². The fourth-order valence-corrected chi connectivity index (χ4v) is 2.20. The van der Waals surface area contributed by atoms with Crippen LogP contribution in [0.25, 0.3) is 0 Å². The minimum absolute atomic E-state index is 0.0729. The second-order valence-corrected chi connectivity index (χ2v) is 4.96. The number of benzene rings is 1. The molecule has 21 heavy (non-hydrogen) atoms. The Hall–Kier alpha value is -2.02. The summed E-state index contributed by atoms with van der Waals surface area (Å²) in [7, 11) is 1.71. The van der Waals surface area contributed by atoms with Crippen LogP contribution < -0.4 is 5.73 Å². The van der Waals surface area contributed by atoms with Crippen LogP contribution in [0.3, 0.4) is 0 Å². The molecule has 0 aliphatic rings. The van der Waals surface area contributed by atoms with Crippen LogP contribution in [0.2, 0.25) is 0 Å². The van der Waals surface area contributed by atoms with Crippen molar-refractivity contribution in [1.29, 1.82) is 0 Å². The maximum Gasteiger partial charge on any atom is 0.416 e. The second kappa shape index (κ2) is 5.40. The molecule has 1 unspecified atom stereocenters. The van der Waals surface area contributed by atoms with Crippen LogP contribution in [0.15, 0.2) is 24.3 Å². The van der Waals surface area contributed by atoms with E-state index in [4.69, 9.17) is 5.73 Å². The number of alkyl halides is 3. The molecule has 7 heteroatoms. The maximum absolute atomic E-state index is 12.7. The number of halogens is 3. The number of aliphatic hydroxyl groups excluding tert-OH is 1. The molecule has 0 bridgehead atoms. The molecule has 1 heterocycles. The summed E-state index contributed by atoms with van der Waals surface area (Å²) >= 11 is 0. The molecule has 4 nitrogen and oxygen atoms in total. The van der Waals surface area contributed by atoms with Crippen LogP contribution in [0.4, 0.5) is 18.9 Å². The van der Waals surface area contributed by atoms with Crippen molar-refractivity contribution in [3.63, 3.8) is 0 Å². The largest absolute Gasteiger partial charge is 0.416 e. The van der Waals surface area contributed by atoms with Crippen molar-refractivity contribution in [2.45, 2.75) is 25.6 Å². The van der Waals surface area contributed by atoms with E-state index in [0.29, 0.717) is 0 Å². The van der Waals surface area contributed by atoms with Gasteiger partial charge in [-0.05, 0) is 31.2 Å². The van der Waals surface area contributed by atoms with Gasteiger partial charge >= 0.3 is 6.18 Å². The lowest BCUT2D eigenvalue weighted by Gasteiger charge is -2.16. The lowest BCUT2D eigenvalue weighted by molar-refractivity contribution is -0.137. The predicted octanol–water partition coefficient (Wildman–Crippen LogP) is 2.61. The summed E-state index contributed by atoms with van der Waals surface area (Å²) in [6.45, 7) is 1.80. The Morgan fingerprint density at radius 2 is 2.00 bits per heavy atom. The minimum atomic E-state index is -4.47. The summed E-state index contributed by atoms with van der Waals surface area (Å²) < 4.78 is 39.7. The van der Waals surface area contributed by atoms with Crippen LogP contribution in [-0.2, 0) is 19.6 Å². The van der Waals surface area contributed by atoms with Crippen LogP contribution in [0.5, 0.6) is 0 Å². The Morgan fingerprint density at radius 1 is 1.33 bits per heavy atom. The van der Waals surface area contributed by atoms with Gasteiger partial charge in [-0.2, -0.15) is 18.3 Å². The Labute approximate surface area is 120 Å².